The Kier molecular flexibility index (Phi) is 4.61. The van der Waals surface area contributed by atoms with Gasteiger partial charge in [0.05, 0.1) is 0 Å². The normalized spacial score (nSPS) is 21.8. The van der Waals surface area contributed by atoms with Crippen molar-refractivity contribution in [3.05, 3.63) is 0 Å². The predicted molar refractivity (Wildman–Crippen MR) is 70.0 cm³/mol. The molecule has 0 unspecified atom stereocenters. The number of carbonyl (C=O) groups excluding carboxylic acids is 2. The van der Waals surface area contributed by atoms with E-state index in [9.17, 15) is 9.59 Å². The molecule has 4 heteroatoms. The second-order valence-electron chi connectivity index (χ2n) is 5.66. The highest BCUT2D eigenvalue weighted by molar-refractivity contribution is 6.35. The van der Waals surface area contributed by atoms with Gasteiger partial charge in [-0.05, 0) is 25.7 Å². The number of likely N-dealkylation sites (N-methyl/N-ethyl adjacent to an activating group) is 1. The third-order valence-corrected chi connectivity index (χ3v) is 4.33. The molecule has 0 bridgehead atoms. The highest BCUT2D eigenvalue weighted by atomic mass is 16.2. The number of rotatable bonds is 2. The van der Waals surface area contributed by atoms with Gasteiger partial charge in [0.25, 0.3) is 0 Å². The maximum absolute atomic E-state index is 12.0. The van der Waals surface area contributed by atoms with Gasteiger partial charge in [0.2, 0.25) is 0 Å². The van der Waals surface area contributed by atoms with Crippen LogP contribution in [-0.4, -0.2) is 35.8 Å². The lowest BCUT2D eigenvalue weighted by atomic mass is 9.94. The summed E-state index contributed by atoms with van der Waals surface area (Å²) in [5.74, 6) is -0.760. The quantitative estimate of drug-likeness (QED) is 0.762. The van der Waals surface area contributed by atoms with E-state index in [0.717, 1.165) is 38.5 Å². The average Bonchev–Trinajstić information content (AvgIpc) is 2.91. The van der Waals surface area contributed by atoms with Gasteiger partial charge in [-0.15, -0.1) is 0 Å². The summed E-state index contributed by atoms with van der Waals surface area (Å²) in [4.78, 5) is 25.6. The molecule has 0 aliphatic heterocycles. The molecule has 0 atom stereocenters. The summed E-state index contributed by atoms with van der Waals surface area (Å²) in [7, 11) is 1.77. The van der Waals surface area contributed by atoms with Crippen LogP contribution in [0.15, 0.2) is 0 Å². The van der Waals surface area contributed by atoms with E-state index >= 15 is 0 Å². The summed E-state index contributed by atoms with van der Waals surface area (Å²) in [6.07, 6.45) is 10.1. The molecule has 2 aliphatic rings. The summed E-state index contributed by atoms with van der Waals surface area (Å²) in [6, 6.07) is 0.488. The summed E-state index contributed by atoms with van der Waals surface area (Å²) < 4.78 is 0. The van der Waals surface area contributed by atoms with Gasteiger partial charge in [-0.2, -0.15) is 0 Å². The van der Waals surface area contributed by atoms with Crippen LogP contribution in [0.4, 0.5) is 0 Å². The minimum atomic E-state index is -0.407. The molecule has 18 heavy (non-hydrogen) atoms. The first-order valence-electron chi connectivity index (χ1n) is 7.26. The lowest BCUT2D eigenvalue weighted by Crippen LogP contribution is -2.48. The predicted octanol–water partition coefficient (Wildman–Crippen LogP) is 1.84. The van der Waals surface area contributed by atoms with Gasteiger partial charge in [0, 0.05) is 19.1 Å². The van der Waals surface area contributed by atoms with Gasteiger partial charge in [-0.3, -0.25) is 9.59 Å². The fourth-order valence-corrected chi connectivity index (χ4v) is 3.11. The molecule has 2 saturated carbocycles. The molecular weight excluding hydrogens is 228 g/mol. The van der Waals surface area contributed by atoms with Crippen molar-refractivity contribution < 1.29 is 9.59 Å². The van der Waals surface area contributed by atoms with E-state index in [1.54, 1.807) is 11.9 Å². The lowest BCUT2D eigenvalue weighted by Gasteiger charge is -2.31. The van der Waals surface area contributed by atoms with Crippen LogP contribution in [0.2, 0.25) is 0 Å². The first-order valence-corrected chi connectivity index (χ1v) is 7.26. The third-order valence-electron chi connectivity index (χ3n) is 4.33. The molecule has 2 rings (SSSR count). The molecule has 0 spiro atoms. The molecule has 4 nitrogen and oxygen atoms in total. The van der Waals surface area contributed by atoms with E-state index in [-0.39, 0.29) is 18.0 Å². The van der Waals surface area contributed by atoms with Crippen LogP contribution in [0.25, 0.3) is 0 Å². The zero-order chi connectivity index (χ0) is 13.0. The van der Waals surface area contributed by atoms with Crippen molar-refractivity contribution in [2.45, 2.75) is 69.9 Å². The summed E-state index contributed by atoms with van der Waals surface area (Å²) in [5, 5.41) is 2.87. The van der Waals surface area contributed by atoms with Crippen LogP contribution >= 0.6 is 0 Å². The van der Waals surface area contributed by atoms with E-state index < -0.39 is 5.91 Å². The van der Waals surface area contributed by atoms with Crippen molar-refractivity contribution in [2.75, 3.05) is 7.05 Å². The van der Waals surface area contributed by atoms with Crippen LogP contribution in [0, 0.1) is 0 Å². The Morgan fingerprint density at radius 3 is 2.11 bits per heavy atom. The van der Waals surface area contributed by atoms with Crippen LogP contribution < -0.4 is 5.32 Å². The van der Waals surface area contributed by atoms with E-state index in [1.165, 1.54) is 19.3 Å². The van der Waals surface area contributed by atoms with Gasteiger partial charge >= 0.3 is 11.8 Å². The molecule has 0 aromatic rings. The highest BCUT2D eigenvalue weighted by Gasteiger charge is 2.28. The number of amides is 2. The molecule has 2 fully saturated rings. The molecule has 1 N–H and O–H groups in total. The van der Waals surface area contributed by atoms with Crippen molar-refractivity contribution in [1.82, 2.24) is 10.2 Å². The van der Waals surface area contributed by atoms with Crippen molar-refractivity contribution in [2.24, 2.45) is 0 Å². The molecule has 102 valence electrons. The van der Waals surface area contributed by atoms with Gasteiger partial charge in [0.15, 0.2) is 0 Å². The second kappa shape index (κ2) is 6.21. The topological polar surface area (TPSA) is 49.4 Å². The summed E-state index contributed by atoms with van der Waals surface area (Å²) >= 11 is 0. The second-order valence-corrected chi connectivity index (χ2v) is 5.66. The molecule has 0 radical (unpaired) electrons. The summed E-state index contributed by atoms with van der Waals surface area (Å²) in [6.45, 7) is 0. The first-order chi connectivity index (χ1) is 8.68. The minimum Gasteiger partial charge on any atom is -0.345 e. The Morgan fingerprint density at radius 1 is 0.944 bits per heavy atom. The molecule has 0 aromatic carbocycles. The number of nitrogens with one attached hydrogen (secondary N) is 1. The van der Waals surface area contributed by atoms with Gasteiger partial charge in [-0.25, -0.2) is 0 Å². The molecule has 0 heterocycles. The maximum atomic E-state index is 12.0. The molecular formula is C14H24N2O2. The van der Waals surface area contributed by atoms with Crippen LogP contribution in [0.1, 0.15) is 57.8 Å². The van der Waals surface area contributed by atoms with Crippen molar-refractivity contribution >= 4 is 11.8 Å². The first kappa shape index (κ1) is 13.4. The molecule has 2 amide bonds. The monoisotopic (exact) mass is 252 g/mol. The van der Waals surface area contributed by atoms with E-state index in [1.807, 2.05) is 0 Å². The average molecular weight is 252 g/mol. The number of nitrogens with zero attached hydrogens (tertiary/aromatic N) is 1. The van der Waals surface area contributed by atoms with Gasteiger partial charge < -0.3 is 10.2 Å². The molecule has 0 saturated heterocycles. The van der Waals surface area contributed by atoms with E-state index in [2.05, 4.69) is 5.32 Å². The Labute approximate surface area is 109 Å². The zero-order valence-electron chi connectivity index (χ0n) is 11.3. The van der Waals surface area contributed by atoms with Crippen molar-refractivity contribution in [1.29, 1.82) is 0 Å². The Bertz CT molecular complexity index is 305. The van der Waals surface area contributed by atoms with Gasteiger partial charge in [-0.1, -0.05) is 32.1 Å². The molecule has 0 aromatic heterocycles. The highest BCUT2D eigenvalue weighted by Crippen LogP contribution is 2.22. The zero-order valence-corrected chi connectivity index (χ0v) is 11.3. The fourth-order valence-electron chi connectivity index (χ4n) is 3.11. The van der Waals surface area contributed by atoms with E-state index in [4.69, 9.17) is 0 Å². The number of hydrogen-bond acceptors (Lipinski definition) is 2. The maximum Gasteiger partial charge on any atom is 0.311 e. The SMILES string of the molecule is CN(C(=O)C(=O)NC1CCCC1)C1CCCCC1. The minimum absolute atomic E-state index is 0.223. The third kappa shape index (κ3) is 3.24. The van der Waals surface area contributed by atoms with Crippen LogP contribution in [0.5, 0.6) is 0 Å². The smallest absolute Gasteiger partial charge is 0.311 e. The van der Waals surface area contributed by atoms with E-state index in [0.29, 0.717) is 0 Å². The van der Waals surface area contributed by atoms with Crippen molar-refractivity contribution in [3.8, 4) is 0 Å². The standard InChI is InChI=1S/C14H24N2O2/c1-16(12-9-3-2-4-10-12)14(18)13(17)15-11-7-5-6-8-11/h11-12H,2-10H2,1H3,(H,15,17). The number of carbonyl (C=O) groups is 2. The van der Waals surface area contributed by atoms with Gasteiger partial charge in [0.1, 0.15) is 0 Å². The largest absolute Gasteiger partial charge is 0.345 e. The molecule has 2 aliphatic carbocycles. The van der Waals surface area contributed by atoms with Crippen molar-refractivity contribution in [3.63, 3.8) is 0 Å². The Hall–Kier alpha value is -1.06. The lowest BCUT2D eigenvalue weighted by molar-refractivity contribution is -0.147. The summed E-state index contributed by atoms with van der Waals surface area (Å²) in [5.41, 5.74) is 0. The van der Waals surface area contributed by atoms with Crippen LogP contribution in [-0.2, 0) is 9.59 Å². The Morgan fingerprint density at radius 2 is 1.50 bits per heavy atom. The number of hydrogen-bond donors (Lipinski definition) is 1. The Balaban J connectivity index is 1.82. The van der Waals surface area contributed by atoms with Crippen LogP contribution in [0.3, 0.4) is 0 Å². The fraction of sp³-hybridized carbons (Fsp3) is 0.857.